The van der Waals surface area contributed by atoms with Gasteiger partial charge in [-0.15, -0.1) is 0 Å². The molecule has 1 saturated carbocycles. The molecule has 3 aliphatic rings. The highest BCUT2D eigenvalue weighted by atomic mass is 79.9. The Kier molecular flexibility index (Phi) is 5.41. The van der Waals surface area contributed by atoms with E-state index in [4.69, 9.17) is 14.2 Å². The lowest BCUT2D eigenvalue weighted by Gasteiger charge is -2.42. The molecule has 2 fully saturated rings. The number of benzene rings is 2. The van der Waals surface area contributed by atoms with E-state index in [1.165, 1.54) is 0 Å². The van der Waals surface area contributed by atoms with E-state index in [0.717, 1.165) is 22.0 Å². The van der Waals surface area contributed by atoms with E-state index >= 15 is 0 Å². The molecule has 0 spiro atoms. The number of ether oxygens (including phenoxy) is 3. The van der Waals surface area contributed by atoms with Gasteiger partial charge in [-0.05, 0) is 29.7 Å². The molecule has 3 aromatic rings. The number of pyridine rings is 1. The van der Waals surface area contributed by atoms with Gasteiger partial charge in [0.15, 0.2) is 5.60 Å². The van der Waals surface area contributed by atoms with E-state index in [0.29, 0.717) is 42.9 Å². The van der Waals surface area contributed by atoms with Crippen LogP contribution in [0, 0.1) is 5.92 Å². The fourth-order valence-electron chi connectivity index (χ4n) is 6.06. The van der Waals surface area contributed by atoms with E-state index in [2.05, 4.69) is 38.4 Å². The van der Waals surface area contributed by atoms with Crippen LogP contribution in [-0.4, -0.2) is 43.0 Å². The molecule has 1 aromatic heterocycles. The van der Waals surface area contributed by atoms with Crippen LogP contribution in [-0.2, 0) is 15.9 Å². The molecule has 2 aromatic carbocycles. The van der Waals surface area contributed by atoms with Gasteiger partial charge < -0.3 is 24.6 Å². The van der Waals surface area contributed by atoms with Crippen LogP contribution < -0.4 is 14.8 Å². The average Bonchev–Trinajstić information content (AvgIpc) is 3.24. The minimum absolute atomic E-state index is 0.0820. The second-order valence-corrected chi connectivity index (χ2v) is 10.3. The first-order valence-electron chi connectivity index (χ1n) is 11.6. The van der Waals surface area contributed by atoms with Crippen molar-refractivity contribution in [3.8, 4) is 11.5 Å². The maximum atomic E-state index is 12.9. The molecule has 2 aliphatic heterocycles. The average molecular weight is 523 g/mol. The van der Waals surface area contributed by atoms with Gasteiger partial charge >= 0.3 is 0 Å². The summed E-state index contributed by atoms with van der Waals surface area (Å²) in [6, 6.07) is 18.8. The lowest BCUT2D eigenvalue weighted by molar-refractivity contribution is -0.129. The molecule has 0 radical (unpaired) electrons. The maximum absolute atomic E-state index is 12.9. The van der Waals surface area contributed by atoms with E-state index in [-0.39, 0.29) is 11.8 Å². The molecular weight excluding hydrogens is 496 g/mol. The summed E-state index contributed by atoms with van der Waals surface area (Å²) >= 11 is 3.56. The molecule has 2 N–H and O–H groups in total. The van der Waals surface area contributed by atoms with E-state index in [9.17, 15) is 5.11 Å². The summed E-state index contributed by atoms with van der Waals surface area (Å²) < 4.78 is 18.9. The SMILES string of the molecule is COc1cncc2c1C1(O)C(CNC3COC3)CC(c3ccccc3)C1(c1ccc(Br)cc1)O2. The number of nitrogens with zero attached hydrogens (tertiary/aromatic N) is 1. The minimum Gasteiger partial charge on any atom is -0.495 e. The second kappa shape index (κ2) is 8.34. The highest BCUT2D eigenvalue weighted by Crippen LogP contribution is 2.69. The third-order valence-corrected chi connectivity index (χ3v) is 8.21. The van der Waals surface area contributed by atoms with Gasteiger partial charge in [-0.25, -0.2) is 0 Å². The Hall–Kier alpha value is -2.45. The highest BCUT2D eigenvalue weighted by molar-refractivity contribution is 9.10. The van der Waals surface area contributed by atoms with Gasteiger partial charge in [-0.3, -0.25) is 4.98 Å². The predicted octanol–water partition coefficient (Wildman–Crippen LogP) is 4.12. The van der Waals surface area contributed by atoms with Gasteiger partial charge in [0, 0.05) is 22.9 Å². The van der Waals surface area contributed by atoms with Crippen molar-refractivity contribution in [2.75, 3.05) is 26.9 Å². The van der Waals surface area contributed by atoms with Crippen molar-refractivity contribution in [1.82, 2.24) is 10.3 Å². The van der Waals surface area contributed by atoms with Crippen molar-refractivity contribution in [2.24, 2.45) is 5.92 Å². The first kappa shape index (κ1) is 22.0. The van der Waals surface area contributed by atoms with Crippen LogP contribution in [0.5, 0.6) is 11.5 Å². The lowest BCUT2D eigenvalue weighted by atomic mass is 9.70. The fourth-order valence-corrected chi connectivity index (χ4v) is 6.32. The summed E-state index contributed by atoms with van der Waals surface area (Å²) in [6.45, 7) is 2.04. The molecule has 0 amide bonds. The number of aliphatic hydroxyl groups is 1. The second-order valence-electron chi connectivity index (χ2n) is 9.36. The van der Waals surface area contributed by atoms with Crippen LogP contribution in [0.1, 0.15) is 29.0 Å². The third kappa shape index (κ3) is 3.07. The van der Waals surface area contributed by atoms with E-state index < -0.39 is 11.2 Å². The number of aromatic nitrogens is 1. The fraction of sp³-hybridized carbons (Fsp3) is 0.370. The van der Waals surface area contributed by atoms with Crippen LogP contribution in [0.15, 0.2) is 71.5 Å². The van der Waals surface area contributed by atoms with Gasteiger partial charge in [0.1, 0.15) is 17.1 Å². The van der Waals surface area contributed by atoms with Crippen molar-refractivity contribution >= 4 is 15.9 Å². The standard InChI is InChI=1S/C27H27BrN2O4/c1-32-23-13-29-14-24-25(23)26(31)19(12-30-21-15-33-16-21)11-22(17-5-3-2-4-6-17)27(26,34-24)18-7-9-20(28)10-8-18/h2-10,13-14,19,21-22,30-31H,11-12,15-16H2,1H3. The molecule has 3 heterocycles. The molecule has 1 saturated heterocycles. The first-order chi connectivity index (χ1) is 16.6. The van der Waals surface area contributed by atoms with Crippen LogP contribution in [0.3, 0.4) is 0 Å². The molecule has 4 atom stereocenters. The Bertz CT molecular complexity index is 1190. The van der Waals surface area contributed by atoms with Crippen molar-refractivity contribution in [3.63, 3.8) is 0 Å². The van der Waals surface area contributed by atoms with Crippen LogP contribution in [0.4, 0.5) is 0 Å². The number of rotatable bonds is 6. The number of halogens is 1. The summed E-state index contributed by atoms with van der Waals surface area (Å²) in [6.07, 6.45) is 4.11. The first-order valence-corrected chi connectivity index (χ1v) is 12.4. The molecule has 0 bridgehead atoms. The Morgan fingerprint density at radius 2 is 1.88 bits per heavy atom. The number of hydrogen-bond donors (Lipinski definition) is 2. The van der Waals surface area contributed by atoms with Crippen LogP contribution in [0.2, 0.25) is 0 Å². The number of fused-ring (bicyclic) bond motifs is 3. The molecule has 7 heteroatoms. The summed E-state index contributed by atoms with van der Waals surface area (Å²) in [4.78, 5) is 4.34. The van der Waals surface area contributed by atoms with E-state index in [1.54, 1.807) is 19.5 Å². The Balaban J connectivity index is 1.57. The number of methoxy groups -OCH3 is 1. The Labute approximate surface area is 207 Å². The Morgan fingerprint density at radius 1 is 1.12 bits per heavy atom. The zero-order chi connectivity index (χ0) is 23.3. The highest BCUT2D eigenvalue weighted by Gasteiger charge is 2.73. The topological polar surface area (TPSA) is 72.8 Å². The maximum Gasteiger partial charge on any atom is 0.174 e. The van der Waals surface area contributed by atoms with Gasteiger partial charge in [0.2, 0.25) is 0 Å². The van der Waals surface area contributed by atoms with Crippen molar-refractivity contribution < 1.29 is 19.3 Å². The smallest absolute Gasteiger partial charge is 0.174 e. The quantitative estimate of drug-likeness (QED) is 0.507. The summed E-state index contributed by atoms with van der Waals surface area (Å²) in [5.74, 6) is 0.910. The summed E-state index contributed by atoms with van der Waals surface area (Å²) in [7, 11) is 1.61. The predicted molar refractivity (Wildman–Crippen MR) is 131 cm³/mol. The normalized spacial score (nSPS) is 29.7. The van der Waals surface area contributed by atoms with Crippen molar-refractivity contribution in [3.05, 3.63) is 88.2 Å². The Morgan fingerprint density at radius 3 is 2.56 bits per heavy atom. The van der Waals surface area contributed by atoms with Gasteiger partial charge in [0.05, 0.1) is 44.3 Å². The molecular formula is C27H27BrN2O4. The lowest BCUT2D eigenvalue weighted by Crippen LogP contribution is -2.54. The molecule has 1 aliphatic carbocycles. The molecule has 34 heavy (non-hydrogen) atoms. The molecule has 176 valence electrons. The largest absolute Gasteiger partial charge is 0.495 e. The van der Waals surface area contributed by atoms with Gasteiger partial charge in [-0.2, -0.15) is 0 Å². The third-order valence-electron chi connectivity index (χ3n) is 7.68. The van der Waals surface area contributed by atoms with E-state index in [1.807, 2.05) is 42.5 Å². The number of hydrogen-bond acceptors (Lipinski definition) is 6. The summed E-state index contributed by atoms with van der Waals surface area (Å²) in [5, 5.41) is 16.6. The van der Waals surface area contributed by atoms with Crippen LogP contribution >= 0.6 is 15.9 Å². The van der Waals surface area contributed by atoms with Crippen LogP contribution in [0.25, 0.3) is 0 Å². The zero-order valence-electron chi connectivity index (χ0n) is 18.9. The minimum atomic E-state index is -1.33. The zero-order valence-corrected chi connectivity index (χ0v) is 20.5. The van der Waals surface area contributed by atoms with Crippen molar-refractivity contribution in [1.29, 1.82) is 0 Å². The van der Waals surface area contributed by atoms with Gasteiger partial charge in [-0.1, -0.05) is 58.4 Å². The number of nitrogens with one attached hydrogen (secondary N) is 1. The van der Waals surface area contributed by atoms with Gasteiger partial charge in [0.25, 0.3) is 0 Å². The molecule has 6 rings (SSSR count). The molecule has 6 nitrogen and oxygen atoms in total. The monoisotopic (exact) mass is 522 g/mol. The molecule has 4 unspecified atom stereocenters. The van der Waals surface area contributed by atoms with Crippen molar-refractivity contribution in [2.45, 2.75) is 29.6 Å². The summed E-state index contributed by atoms with van der Waals surface area (Å²) in [5.41, 5.74) is 0.388.